The number of nitrogens with one attached hydrogen (secondary N) is 1. The van der Waals surface area contributed by atoms with Crippen molar-refractivity contribution in [1.82, 2.24) is 10.2 Å². The molecule has 0 aromatic heterocycles. The molecule has 2 N–H and O–H groups in total. The standard InChI is InChI=1S/C37H41BrClN3O7/c1-21(2)17-24(20-43)42-33-35(46)41(31-22(3)11-10-14-26(31)39)16-9-5-8-15-28(44)40-19-27(23-12-6-4-7-13-23)48-36(47)29-30(34(42)45)37(33)18-25(38)32(29)49-37/h4-7,9-14,18,21,24,27,29-30,32-33,43H,8,15-17,19-20H2,1-3H3,(H,40,44)/b9-5-/t24-,27+,29+,30-,32+,33+,37-/m1/s1. The van der Waals surface area contributed by atoms with Crippen molar-refractivity contribution >= 4 is 56.9 Å². The molecule has 0 aliphatic carbocycles. The number of likely N-dealkylation sites (tertiary alicyclic amines) is 1. The van der Waals surface area contributed by atoms with Gasteiger partial charge in [0.2, 0.25) is 11.8 Å². The fourth-order valence-electron chi connectivity index (χ4n) is 7.74. The van der Waals surface area contributed by atoms with Gasteiger partial charge in [0.25, 0.3) is 5.91 Å². The monoisotopic (exact) mass is 753 g/mol. The second-order valence-electron chi connectivity index (χ2n) is 13.5. The van der Waals surface area contributed by atoms with Gasteiger partial charge in [0.15, 0.2) is 0 Å². The van der Waals surface area contributed by atoms with Crippen molar-refractivity contribution in [3.8, 4) is 0 Å². The quantitative estimate of drug-likeness (QED) is 0.314. The number of cyclic esters (lactones) is 1. The summed E-state index contributed by atoms with van der Waals surface area (Å²) in [5, 5.41) is 14.0. The molecule has 12 heteroatoms. The molecule has 0 radical (unpaired) electrons. The number of carbonyl (C=O) groups is 4. The van der Waals surface area contributed by atoms with E-state index < -0.39 is 59.5 Å². The molecule has 4 heterocycles. The molecule has 4 aliphatic rings. The molecule has 5 bridgehead atoms. The zero-order valence-electron chi connectivity index (χ0n) is 27.7. The third-order valence-electron chi connectivity index (χ3n) is 9.85. The Hall–Kier alpha value is -3.51. The predicted molar refractivity (Wildman–Crippen MR) is 188 cm³/mol. The van der Waals surface area contributed by atoms with E-state index in [4.69, 9.17) is 21.1 Å². The molecular weight excluding hydrogens is 714 g/mol. The average molecular weight is 755 g/mol. The SMILES string of the molecule is Cc1cccc(Cl)c1N1C/C=C\CCC(=O)NC[C@@H](c2ccccc2)OC(=O)[C@@H]2[C@H]3O[C@@]4(C=C3Br)[C@H](C1=O)N([C@@H](CO)CC(C)C)C(=O)[C@@H]24. The van der Waals surface area contributed by atoms with E-state index in [1.807, 2.05) is 63.2 Å². The van der Waals surface area contributed by atoms with E-state index in [-0.39, 0.29) is 37.9 Å². The molecule has 0 saturated carbocycles. The number of benzene rings is 2. The number of nitrogens with zero attached hydrogens (tertiary/aromatic N) is 2. The van der Waals surface area contributed by atoms with E-state index in [1.54, 1.807) is 24.3 Å². The minimum absolute atomic E-state index is 0.0328. The lowest BCUT2D eigenvalue weighted by molar-refractivity contribution is -0.160. The first-order valence-corrected chi connectivity index (χ1v) is 17.9. The van der Waals surface area contributed by atoms with Gasteiger partial charge >= 0.3 is 5.97 Å². The minimum atomic E-state index is -1.53. The third kappa shape index (κ3) is 6.46. The van der Waals surface area contributed by atoms with Gasteiger partial charge in [-0.2, -0.15) is 0 Å². The van der Waals surface area contributed by atoms with Crippen LogP contribution in [0.1, 0.15) is 50.3 Å². The molecule has 6 rings (SSSR count). The largest absolute Gasteiger partial charge is 0.455 e. The number of amides is 3. The molecule has 49 heavy (non-hydrogen) atoms. The lowest BCUT2D eigenvalue weighted by atomic mass is 9.74. The smallest absolute Gasteiger partial charge is 0.313 e. The van der Waals surface area contributed by atoms with Gasteiger partial charge in [0.05, 0.1) is 35.8 Å². The van der Waals surface area contributed by atoms with Gasteiger partial charge in [-0.3, -0.25) is 19.2 Å². The molecule has 2 fully saturated rings. The van der Waals surface area contributed by atoms with Crippen LogP contribution in [-0.2, 0) is 28.7 Å². The highest BCUT2D eigenvalue weighted by Gasteiger charge is 2.75. The lowest BCUT2D eigenvalue weighted by Gasteiger charge is -2.39. The number of esters is 1. The van der Waals surface area contributed by atoms with Crippen molar-refractivity contribution in [1.29, 1.82) is 0 Å². The molecule has 1 spiro atoms. The second-order valence-corrected chi connectivity index (χ2v) is 14.9. The van der Waals surface area contributed by atoms with Crippen LogP contribution in [0.3, 0.4) is 0 Å². The molecule has 10 nitrogen and oxygen atoms in total. The van der Waals surface area contributed by atoms with Crippen LogP contribution in [0, 0.1) is 24.7 Å². The molecular formula is C37H41BrClN3O7. The first kappa shape index (κ1) is 35.3. The second kappa shape index (κ2) is 14.4. The first-order chi connectivity index (χ1) is 23.5. The summed E-state index contributed by atoms with van der Waals surface area (Å²) >= 11 is 10.4. The number of carbonyl (C=O) groups excluding carboxylic acids is 4. The molecule has 4 aliphatic heterocycles. The van der Waals surface area contributed by atoms with E-state index >= 15 is 4.79 Å². The number of aryl methyl sites for hydroxylation is 1. The summed E-state index contributed by atoms with van der Waals surface area (Å²) in [5.74, 6) is -3.95. The van der Waals surface area contributed by atoms with Gasteiger partial charge in [-0.1, -0.05) is 96.0 Å². The molecule has 0 unspecified atom stereocenters. The number of rotatable bonds is 6. The van der Waals surface area contributed by atoms with Crippen molar-refractivity contribution in [2.45, 2.75) is 69.9 Å². The Kier molecular flexibility index (Phi) is 10.4. The summed E-state index contributed by atoms with van der Waals surface area (Å²) < 4.78 is 13.3. The molecule has 3 amide bonds. The Balaban J connectivity index is 1.51. The number of fused-ring (bicyclic) bond motifs is 2. The Labute approximate surface area is 299 Å². The van der Waals surface area contributed by atoms with Crippen molar-refractivity contribution in [3.63, 3.8) is 0 Å². The van der Waals surface area contributed by atoms with E-state index in [0.717, 1.165) is 5.56 Å². The van der Waals surface area contributed by atoms with Crippen LogP contribution in [0.2, 0.25) is 5.02 Å². The fourth-order valence-corrected chi connectivity index (χ4v) is 8.80. The highest BCUT2D eigenvalue weighted by molar-refractivity contribution is 9.11. The van der Waals surface area contributed by atoms with Crippen LogP contribution in [-0.4, -0.2) is 77.2 Å². The molecule has 2 aromatic rings. The average Bonchev–Trinajstić information content (AvgIpc) is 3.67. The number of aliphatic hydroxyl groups excluding tert-OH is 1. The number of allylic oxidation sites excluding steroid dienone is 1. The molecule has 2 saturated heterocycles. The topological polar surface area (TPSA) is 125 Å². The summed E-state index contributed by atoms with van der Waals surface area (Å²) in [5.41, 5.74) is 0.362. The van der Waals surface area contributed by atoms with Gasteiger partial charge in [0, 0.05) is 17.4 Å². The predicted octanol–water partition coefficient (Wildman–Crippen LogP) is 5.01. The van der Waals surface area contributed by atoms with E-state index in [9.17, 15) is 19.5 Å². The summed E-state index contributed by atoms with van der Waals surface area (Å²) in [4.78, 5) is 60.2. The molecule has 2 aromatic carbocycles. The van der Waals surface area contributed by atoms with Crippen LogP contribution >= 0.6 is 27.5 Å². The summed E-state index contributed by atoms with van der Waals surface area (Å²) in [7, 11) is 0. The maximum atomic E-state index is 15.2. The van der Waals surface area contributed by atoms with Crippen LogP contribution in [0.4, 0.5) is 5.69 Å². The molecule has 7 atom stereocenters. The summed E-state index contributed by atoms with van der Waals surface area (Å²) in [6, 6.07) is 12.5. The Morgan fingerprint density at radius 2 is 1.82 bits per heavy atom. The van der Waals surface area contributed by atoms with Gasteiger partial charge in [-0.15, -0.1) is 0 Å². The van der Waals surface area contributed by atoms with Crippen LogP contribution < -0.4 is 10.2 Å². The van der Waals surface area contributed by atoms with Crippen LogP contribution in [0.25, 0.3) is 0 Å². The summed E-state index contributed by atoms with van der Waals surface area (Å²) in [6.07, 6.45) is 4.66. The van der Waals surface area contributed by atoms with E-state index in [1.165, 1.54) is 9.80 Å². The number of anilines is 1. The maximum absolute atomic E-state index is 15.2. The number of aliphatic hydroxyl groups is 1. The Morgan fingerprint density at radius 3 is 2.51 bits per heavy atom. The maximum Gasteiger partial charge on any atom is 0.313 e. The van der Waals surface area contributed by atoms with Gasteiger partial charge in [-0.25, -0.2) is 0 Å². The normalized spacial score (nSPS) is 30.3. The van der Waals surface area contributed by atoms with Gasteiger partial charge in [-0.05, 0) is 49.0 Å². The zero-order valence-corrected chi connectivity index (χ0v) is 30.0. The number of halogens is 2. The minimum Gasteiger partial charge on any atom is -0.455 e. The van der Waals surface area contributed by atoms with Crippen molar-refractivity contribution in [2.75, 3.05) is 24.6 Å². The Morgan fingerprint density at radius 1 is 1.06 bits per heavy atom. The highest BCUT2D eigenvalue weighted by Crippen LogP contribution is 2.59. The van der Waals surface area contributed by atoms with Crippen LogP contribution in [0.15, 0.2) is 71.2 Å². The highest BCUT2D eigenvalue weighted by atomic mass is 79.9. The fraction of sp³-hybridized carbons (Fsp3) is 0.459. The number of para-hydroxylation sites is 1. The van der Waals surface area contributed by atoms with Gasteiger partial charge < -0.3 is 29.7 Å². The first-order valence-electron chi connectivity index (χ1n) is 16.7. The van der Waals surface area contributed by atoms with Crippen LogP contribution in [0.5, 0.6) is 0 Å². The van der Waals surface area contributed by atoms with Gasteiger partial charge in [0.1, 0.15) is 29.8 Å². The van der Waals surface area contributed by atoms with E-state index in [2.05, 4.69) is 21.2 Å². The Bertz CT molecular complexity index is 1660. The summed E-state index contributed by atoms with van der Waals surface area (Å²) in [6.45, 7) is 5.55. The van der Waals surface area contributed by atoms with Crippen molar-refractivity contribution in [3.05, 3.63) is 87.4 Å². The number of ether oxygens (including phenoxy) is 2. The third-order valence-corrected chi connectivity index (χ3v) is 10.8. The van der Waals surface area contributed by atoms with Crippen molar-refractivity contribution < 1.29 is 33.8 Å². The van der Waals surface area contributed by atoms with Crippen molar-refractivity contribution in [2.24, 2.45) is 17.8 Å². The number of hydrogen-bond donors (Lipinski definition) is 2. The van der Waals surface area contributed by atoms with E-state index in [0.29, 0.717) is 33.6 Å². The molecule has 260 valence electrons. The zero-order chi connectivity index (χ0) is 35.0. The number of hydrogen-bond acceptors (Lipinski definition) is 7. The lowest BCUT2D eigenvalue weighted by Crippen LogP contribution is -2.59.